The first-order valence-electron chi connectivity index (χ1n) is 14.0. The number of aryl methyl sites for hydroxylation is 2. The van der Waals surface area contributed by atoms with Crippen molar-refractivity contribution < 1.29 is 18.7 Å². The molecule has 0 aliphatic carbocycles. The van der Waals surface area contributed by atoms with Crippen molar-refractivity contribution >= 4 is 22.8 Å². The Morgan fingerprint density at radius 3 is 2.44 bits per heavy atom. The molecule has 0 saturated carbocycles. The van der Waals surface area contributed by atoms with Gasteiger partial charge in [0.2, 0.25) is 0 Å². The molecule has 0 unspecified atom stereocenters. The summed E-state index contributed by atoms with van der Waals surface area (Å²) < 4.78 is 28.7. The van der Waals surface area contributed by atoms with E-state index in [2.05, 4.69) is 29.3 Å². The maximum atomic E-state index is 13.4. The van der Waals surface area contributed by atoms with E-state index in [1.54, 1.807) is 12.3 Å². The normalized spacial score (nSPS) is 15.4. The number of hydrogen-bond acceptors (Lipinski definition) is 7. The number of aromatic nitrogens is 4. The number of piperazine rings is 1. The molecular weight excluding hydrogens is 528 g/mol. The van der Waals surface area contributed by atoms with Gasteiger partial charge in [-0.3, -0.25) is 9.88 Å². The van der Waals surface area contributed by atoms with Crippen molar-refractivity contribution in [1.82, 2.24) is 24.4 Å². The summed E-state index contributed by atoms with van der Waals surface area (Å²) in [7, 11) is 0. The molecule has 0 atom stereocenters. The Morgan fingerprint density at radius 1 is 0.976 bits per heavy atom. The van der Waals surface area contributed by atoms with Gasteiger partial charge in [-0.1, -0.05) is 12.1 Å². The Kier molecular flexibility index (Phi) is 8.84. The Labute approximate surface area is 237 Å². The van der Waals surface area contributed by atoms with Gasteiger partial charge in [0.05, 0.1) is 0 Å². The number of nitrogens with zero attached hydrogens (tertiary/aromatic N) is 6. The monoisotopic (exact) mass is 563 g/mol. The van der Waals surface area contributed by atoms with E-state index in [-0.39, 0.29) is 0 Å². The highest BCUT2D eigenvalue weighted by Crippen LogP contribution is 2.34. The predicted molar refractivity (Wildman–Crippen MR) is 153 cm³/mol. The van der Waals surface area contributed by atoms with Gasteiger partial charge in [-0.25, -0.2) is 23.5 Å². The Morgan fingerprint density at radius 2 is 1.76 bits per heavy atom. The molecule has 11 heteroatoms. The molecule has 2 aliphatic rings. The van der Waals surface area contributed by atoms with Gasteiger partial charge in [-0.15, -0.1) is 0 Å². The third-order valence-electron chi connectivity index (χ3n) is 7.76. The number of anilines is 1. The van der Waals surface area contributed by atoms with Crippen LogP contribution in [0.15, 0.2) is 42.9 Å². The summed E-state index contributed by atoms with van der Waals surface area (Å²) in [6.45, 7) is 7.23. The molecule has 9 nitrogen and oxygen atoms in total. The predicted octanol–water partition coefficient (Wildman–Crippen LogP) is 3.96. The van der Waals surface area contributed by atoms with E-state index in [1.807, 2.05) is 19.1 Å². The van der Waals surface area contributed by atoms with Crippen LogP contribution in [0.3, 0.4) is 0 Å². The maximum absolute atomic E-state index is 13.4. The van der Waals surface area contributed by atoms with Gasteiger partial charge < -0.3 is 20.3 Å². The second-order valence-electron chi connectivity index (χ2n) is 10.5. The third-order valence-corrected chi connectivity index (χ3v) is 7.76. The minimum Gasteiger partial charge on any atom is -0.478 e. The lowest BCUT2D eigenvalue weighted by atomic mass is 10.1. The van der Waals surface area contributed by atoms with E-state index in [4.69, 9.17) is 5.73 Å². The largest absolute Gasteiger partial charge is 0.478 e. The van der Waals surface area contributed by atoms with Crippen molar-refractivity contribution in [3.63, 3.8) is 0 Å². The minimum atomic E-state index is -0.933. The molecule has 1 fully saturated rings. The van der Waals surface area contributed by atoms with Crippen LogP contribution in [-0.4, -0.2) is 68.2 Å². The number of pyridine rings is 1. The lowest BCUT2D eigenvalue weighted by Crippen LogP contribution is -2.47. The zero-order valence-corrected chi connectivity index (χ0v) is 23.2. The van der Waals surface area contributed by atoms with Crippen LogP contribution in [0.2, 0.25) is 0 Å². The fourth-order valence-corrected chi connectivity index (χ4v) is 5.52. The van der Waals surface area contributed by atoms with Crippen LogP contribution in [0, 0.1) is 18.6 Å². The molecule has 3 aromatic heterocycles. The summed E-state index contributed by atoms with van der Waals surface area (Å²) in [6.07, 6.45) is 6.66. The first-order valence-corrected chi connectivity index (χ1v) is 14.0. The molecule has 0 amide bonds. The lowest BCUT2D eigenvalue weighted by Gasteiger charge is -2.35. The van der Waals surface area contributed by atoms with E-state index < -0.39 is 17.6 Å². The highest BCUT2D eigenvalue weighted by atomic mass is 19.2. The van der Waals surface area contributed by atoms with Crippen molar-refractivity contribution in [2.75, 3.05) is 37.6 Å². The van der Waals surface area contributed by atoms with Crippen molar-refractivity contribution in [3.05, 3.63) is 82.6 Å². The van der Waals surface area contributed by atoms with Crippen LogP contribution in [0.5, 0.6) is 0 Å². The molecule has 1 saturated heterocycles. The van der Waals surface area contributed by atoms with Crippen LogP contribution < -0.4 is 10.6 Å². The topological polar surface area (TPSA) is 113 Å². The number of hydrogen-bond donors (Lipinski definition) is 2. The molecule has 0 radical (unpaired) electrons. The molecule has 6 rings (SSSR count). The average molecular weight is 564 g/mol. The number of fused-ring (bicyclic) bond motifs is 3. The molecule has 216 valence electrons. The third kappa shape index (κ3) is 6.36. The van der Waals surface area contributed by atoms with Crippen molar-refractivity contribution in [3.8, 4) is 0 Å². The number of aromatic carboxylic acids is 1. The zero-order valence-electron chi connectivity index (χ0n) is 23.2. The highest BCUT2D eigenvalue weighted by molar-refractivity contribution is 6.06. The average Bonchev–Trinajstić information content (AvgIpc) is 3.34. The van der Waals surface area contributed by atoms with Gasteiger partial charge in [0.15, 0.2) is 17.5 Å². The van der Waals surface area contributed by atoms with Crippen molar-refractivity contribution in [1.29, 1.82) is 0 Å². The number of rotatable bonds is 6. The smallest absolute Gasteiger partial charge is 0.339 e. The highest BCUT2D eigenvalue weighted by Gasteiger charge is 2.29. The van der Waals surface area contributed by atoms with Crippen LogP contribution in [0.1, 0.15) is 45.7 Å². The van der Waals surface area contributed by atoms with E-state index in [1.165, 1.54) is 18.5 Å². The van der Waals surface area contributed by atoms with Gasteiger partial charge in [-0.05, 0) is 61.9 Å². The number of carbonyl (C=O) groups is 1. The number of nitrogens with two attached hydrogens (primary N) is 1. The van der Waals surface area contributed by atoms with Crippen LogP contribution in [0.25, 0.3) is 11.0 Å². The Balaban J connectivity index is 0.000000321. The molecule has 2 aliphatic heterocycles. The molecule has 3 N–H and O–H groups in total. The molecular formula is C30H35F2N7O2. The molecule has 0 spiro atoms. The van der Waals surface area contributed by atoms with Crippen LogP contribution >= 0.6 is 0 Å². The lowest BCUT2D eigenvalue weighted by molar-refractivity contribution is 0.0697. The van der Waals surface area contributed by atoms with E-state index in [9.17, 15) is 18.7 Å². The standard InChI is InChI=1S/C23H25F2N5O2.C7H10N2/c24-16-5-4-15(13-17(16)25)6-8-28-9-11-29(12-10-28)22-21-20(26-14-27-22)19(23(31)32)18-3-1-2-7-30(18)21;1-6-2-3-7(4-8)5-9-6/h4-5,13-14H,1-3,6-12H2,(H,31,32);2-3,5H,4,8H2,1H3. The quantitative estimate of drug-likeness (QED) is 0.363. The first kappa shape index (κ1) is 28.6. The maximum Gasteiger partial charge on any atom is 0.339 e. The Bertz CT molecular complexity index is 1520. The summed E-state index contributed by atoms with van der Waals surface area (Å²) in [4.78, 5) is 29.4. The summed E-state index contributed by atoms with van der Waals surface area (Å²) in [5, 5.41) is 9.81. The van der Waals surface area contributed by atoms with E-state index in [0.717, 1.165) is 92.4 Å². The summed E-state index contributed by atoms with van der Waals surface area (Å²) in [5.41, 5.74) is 10.8. The fraction of sp³-hybridized carbons (Fsp3) is 0.400. The van der Waals surface area contributed by atoms with E-state index >= 15 is 0 Å². The summed E-state index contributed by atoms with van der Waals surface area (Å²) >= 11 is 0. The van der Waals surface area contributed by atoms with Gasteiger partial charge in [-0.2, -0.15) is 0 Å². The van der Waals surface area contributed by atoms with Gasteiger partial charge in [0.25, 0.3) is 0 Å². The second kappa shape index (κ2) is 12.7. The van der Waals surface area contributed by atoms with Gasteiger partial charge in [0, 0.05) is 63.4 Å². The van der Waals surface area contributed by atoms with Crippen LogP contribution in [0.4, 0.5) is 14.6 Å². The number of carboxylic acid groups (broad SMARTS) is 1. The fourth-order valence-electron chi connectivity index (χ4n) is 5.52. The molecule has 41 heavy (non-hydrogen) atoms. The number of carboxylic acids is 1. The van der Waals surface area contributed by atoms with Crippen molar-refractivity contribution in [2.45, 2.75) is 45.7 Å². The number of halogens is 2. The van der Waals surface area contributed by atoms with E-state index in [0.29, 0.717) is 24.0 Å². The second-order valence-corrected chi connectivity index (χ2v) is 10.5. The summed E-state index contributed by atoms with van der Waals surface area (Å²) in [6, 6.07) is 8.01. The summed E-state index contributed by atoms with van der Waals surface area (Å²) in [5.74, 6) is -1.77. The Hall–Kier alpha value is -3.96. The number of benzene rings is 1. The molecule has 4 aromatic rings. The van der Waals surface area contributed by atoms with Gasteiger partial charge >= 0.3 is 5.97 Å². The minimum absolute atomic E-state index is 0.313. The molecule has 5 heterocycles. The van der Waals surface area contributed by atoms with Crippen molar-refractivity contribution in [2.24, 2.45) is 5.73 Å². The zero-order chi connectivity index (χ0) is 28.9. The first-order chi connectivity index (χ1) is 19.9. The SMILES string of the molecule is Cc1ccc(CN)cn1.O=C(O)c1c2n(c3c(N4CCN(CCc5ccc(F)c(F)c5)CC4)ncnc13)CCCC2. The van der Waals surface area contributed by atoms with Gasteiger partial charge in [0.1, 0.15) is 22.9 Å². The van der Waals surface area contributed by atoms with Crippen LogP contribution in [-0.2, 0) is 25.9 Å². The molecule has 1 aromatic carbocycles. The molecule has 0 bridgehead atoms.